The Morgan fingerprint density at radius 2 is 2.10 bits per heavy atom. The zero-order chi connectivity index (χ0) is 8.15. The molecule has 1 unspecified atom stereocenters. The van der Waals surface area contributed by atoms with E-state index in [-0.39, 0.29) is 6.61 Å². The number of halogens is 1. The highest BCUT2D eigenvalue weighted by atomic mass is 35.5. The van der Waals surface area contributed by atoms with Crippen LogP contribution in [0.1, 0.15) is 6.92 Å². The van der Waals surface area contributed by atoms with E-state index in [1.807, 2.05) is 0 Å². The molecule has 0 aromatic rings. The van der Waals surface area contributed by atoms with Crippen molar-refractivity contribution < 1.29 is 14.3 Å². The van der Waals surface area contributed by atoms with Gasteiger partial charge in [-0.25, -0.2) is 0 Å². The van der Waals surface area contributed by atoms with E-state index in [1.165, 1.54) is 7.11 Å². The fraction of sp³-hybridized carbons (Fsp3) is 0.667. The quantitative estimate of drug-likeness (QED) is 0.452. The second-order valence-electron chi connectivity index (χ2n) is 1.99. The van der Waals surface area contributed by atoms with Gasteiger partial charge in [-0.15, -0.1) is 0 Å². The van der Waals surface area contributed by atoms with Crippen LogP contribution in [0.2, 0.25) is 0 Å². The number of Topliss-reactive ketones (excluding diaryl/α,β-unsaturated/α-hetero) is 1. The molecule has 0 fully saturated rings. The summed E-state index contributed by atoms with van der Waals surface area (Å²) in [5, 5.41) is -0.926. The van der Waals surface area contributed by atoms with Crippen molar-refractivity contribution in [2.75, 3.05) is 13.7 Å². The molecule has 0 amide bonds. The molecule has 0 aliphatic heterocycles. The molecule has 0 spiro atoms. The fourth-order valence-electron chi connectivity index (χ4n) is 0.519. The van der Waals surface area contributed by atoms with Crippen LogP contribution in [0.3, 0.4) is 0 Å². The first-order valence-electron chi connectivity index (χ1n) is 2.82. The van der Waals surface area contributed by atoms with Crippen molar-refractivity contribution in [2.45, 2.75) is 6.92 Å². The summed E-state index contributed by atoms with van der Waals surface area (Å²) in [6.07, 6.45) is 0. The van der Waals surface area contributed by atoms with Crippen LogP contribution in [0.5, 0.6) is 0 Å². The van der Waals surface area contributed by atoms with Crippen molar-refractivity contribution in [1.82, 2.24) is 0 Å². The van der Waals surface area contributed by atoms with Crippen molar-refractivity contribution in [2.24, 2.45) is 5.92 Å². The number of hydrogen-bond donors (Lipinski definition) is 0. The predicted molar refractivity (Wildman–Crippen MR) is 36.9 cm³/mol. The topological polar surface area (TPSA) is 43.4 Å². The summed E-state index contributed by atoms with van der Waals surface area (Å²) >= 11 is 4.91. The summed E-state index contributed by atoms with van der Waals surface area (Å²) < 4.78 is 4.64. The van der Waals surface area contributed by atoms with Gasteiger partial charge in [-0.05, 0) is 11.6 Å². The smallest absolute Gasteiger partial charge is 0.288 e. The number of hydrogen-bond acceptors (Lipinski definition) is 3. The normalized spacial score (nSPS) is 12.7. The zero-order valence-electron chi connectivity index (χ0n) is 5.89. The molecule has 0 saturated heterocycles. The third-order valence-corrected chi connectivity index (χ3v) is 1.24. The molecule has 0 bridgehead atoms. The molecule has 0 aliphatic carbocycles. The first kappa shape index (κ1) is 9.59. The van der Waals surface area contributed by atoms with E-state index in [1.54, 1.807) is 6.92 Å². The second-order valence-corrected chi connectivity index (χ2v) is 2.34. The van der Waals surface area contributed by atoms with Gasteiger partial charge < -0.3 is 4.74 Å². The van der Waals surface area contributed by atoms with E-state index < -0.39 is 16.9 Å². The lowest BCUT2D eigenvalue weighted by atomic mass is 10.1. The Labute approximate surface area is 64.3 Å². The minimum absolute atomic E-state index is 0.233. The van der Waals surface area contributed by atoms with Crippen molar-refractivity contribution >= 4 is 22.6 Å². The Balaban J connectivity index is 3.82. The number of ether oxygens (including phenoxy) is 1. The number of rotatable bonds is 4. The molecular formula is C6H9ClO3. The standard InChI is InChI=1S/C6H9ClO3/c1-4(3-10-2)5(8)6(7)9/h4H,3H2,1-2H3. The number of methoxy groups -OCH3 is 1. The highest BCUT2D eigenvalue weighted by Gasteiger charge is 2.18. The average molecular weight is 165 g/mol. The van der Waals surface area contributed by atoms with Crippen LogP contribution in [0.15, 0.2) is 0 Å². The number of ketones is 1. The summed E-state index contributed by atoms with van der Waals surface area (Å²) in [5.41, 5.74) is 0. The highest BCUT2D eigenvalue weighted by Crippen LogP contribution is 1.99. The SMILES string of the molecule is COCC(C)C(=O)C(=O)Cl. The van der Waals surface area contributed by atoms with Gasteiger partial charge >= 0.3 is 0 Å². The summed E-state index contributed by atoms with van der Waals surface area (Å²) in [5.74, 6) is -1.03. The van der Waals surface area contributed by atoms with Crippen LogP contribution >= 0.6 is 11.6 Å². The van der Waals surface area contributed by atoms with Crippen molar-refractivity contribution in [1.29, 1.82) is 0 Å². The Bertz CT molecular complexity index is 144. The Kier molecular flexibility index (Phi) is 4.23. The maximum Gasteiger partial charge on any atom is 0.288 e. The van der Waals surface area contributed by atoms with Gasteiger partial charge in [-0.2, -0.15) is 0 Å². The molecule has 58 valence electrons. The van der Waals surface area contributed by atoms with Gasteiger partial charge in [-0.3, -0.25) is 9.59 Å². The zero-order valence-corrected chi connectivity index (χ0v) is 6.64. The van der Waals surface area contributed by atoms with Crippen LogP contribution in [-0.2, 0) is 14.3 Å². The van der Waals surface area contributed by atoms with Crippen LogP contribution < -0.4 is 0 Å². The molecule has 0 saturated carbocycles. The van der Waals surface area contributed by atoms with Gasteiger partial charge in [0, 0.05) is 13.0 Å². The van der Waals surface area contributed by atoms with E-state index in [2.05, 4.69) is 4.74 Å². The van der Waals surface area contributed by atoms with Crippen molar-refractivity contribution in [3.8, 4) is 0 Å². The Hall–Kier alpha value is -0.410. The van der Waals surface area contributed by atoms with E-state index in [0.29, 0.717) is 0 Å². The third-order valence-electron chi connectivity index (χ3n) is 1.06. The molecule has 0 rings (SSSR count). The molecule has 10 heavy (non-hydrogen) atoms. The largest absolute Gasteiger partial charge is 0.384 e. The van der Waals surface area contributed by atoms with Gasteiger partial charge in [0.25, 0.3) is 5.24 Å². The van der Waals surface area contributed by atoms with E-state index >= 15 is 0 Å². The molecule has 1 atom stereocenters. The van der Waals surface area contributed by atoms with Crippen molar-refractivity contribution in [3.05, 3.63) is 0 Å². The Morgan fingerprint density at radius 1 is 1.60 bits per heavy atom. The Morgan fingerprint density at radius 3 is 2.40 bits per heavy atom. The molecule has 4 heteroatoms. The van der Waals surface area contributed by atoms with Gasteiger partial charge in [-0.1, -0.05) is 6.92 Å². The van der Waals surface area contributed by atoms with Gasteiger partial charge in [0.2, 0.25) is 5.78 Å². The molecule has 0 aliphatic rings. The molecule has 0 heterocycles. The van der Waals surface area contributed by atoms with E-state index in [0.717, 1.165) is 0 Å². The van der Waals surface area contributed by atoms with Crippen molar-refractivity contribution in [3.63, 3.8) is 0 Å². The number of carbonyl (C=O) groups excluding carboxylic acids is 2. The lowest BCUT2D eigenvalue weighted by Gasteiger charge is -2.03. The molecule has 0 aromatic carbocycles. The minimum atomic E-state index is -0.926. The lowest BCUT2D eigenvalue weighted by Crippen LogP contribution is -2.21. The summed E-state index contributed by atoms with van der Waals surface area (Å²) in [7, 11) is 1.46. The predicted octanol–water partition coefficient (Wildman–Crippen LogP) is 0.603. The molecule has 0 N–H and O–H groups in total. The molecular weight excluding hydrogens is 156 g/mol. The average Bonchev–Trinajstić information content (AvgIpc) is 1.87. The van der Waals surface area contributed by atoms with Crippen LogP contribution in [0.4, 0.5) is 0 Å². The van der Waals surface area contributed by atoms with E-state index in [9.17, 15) is 9.59 Å². The summed E-state index contributed by atoms with van der Waals surface area (Å²) in [6.45, 7) is 1.82. The maximum absolute atomic E-state index is 10.7. The van der Waals surface area contributed by atoms with Gasteiger partial charge in [0.15, 0.2) is 0 Å². The molecule has 0 radical (unpaired) electrons. The van der Waals surface area contributed by atoms with Gasteiger partial charge in [0.1, 0.15) is 0 Å². The highest BCUT2D eigenvalue weighted by molar-refractivity contribution is 6.81. The number of carbonyl (C=O) groups is 2. The second kappa shape index (κ2) is 4.41. The monoisotopic (exact) mass is 164 g/mol. The fourth-order valence-corrected chi connectivity index (χ4v) is 0.706. The maximum atomic E-state index is 10.7. The van der Waals surface area contributed by atoms with Crippen LogP contribution in [0.25, 0.3) is 0 Å². The first-order valence-corrected chi connectivity index (χ1v) is 3.20. The van der Waals surface area contributed by atoms with Crippen LogP contribution in [0, 0.1) is 5.92 Å². The lowest BCUT2D eigenvalue weighted by molar-refractivity contribution is -0.135. The third kappa shape index (κ3) is 2.94. The first-order chi connectivity index (χ1) is 4.59. The molecule has 0 aromatic heterocycles. The summed E-state index contributed by atoms with van der Waals surface area (Å²) in [6, 6.07) is 0. The van der Waals surface area contributed by atoms with Gasteiger partial charge in [0.05, 0.1) is 6.61 Å². The molecule has 3 nitrogen and oxygen atoms in total. The summed E-state index contributed by atoms with van der Waals surface area (Å²) in [4.78, 5) is 20.9. The van der Waals surface area contributed by atoms with E-state index in [4.69, 9.17) is 11.6 Å². The van der Waals surface area contributed by atoms with Crippen LogP contribution in [-0.4, -0.2) is 24.7 Å². The minimum Gasteiger partial charge on any atom is -0.384 e.